The zero-order valence-corrected chi connectivity index (χ0v) is 10.7. The molecule has 3 heteroatoms. The van der Waals surface area contributed by atoms with Crippen LogP contribution < -0.4 is 5.73 Å². The molecule has 1 saturated heterocycles. The summed E-state index contributed by atoms with van der Waals surface area (Å²) in [5.41, 5.74) is 7.20. The molecule has 1 heterocycles. The third-order valence-electron chi connectivity index (χ3n) is 3.01. The minimum atomic E-state index is 0.407. The van der Waals surface area contributed by atoms with Gasteiger partial charge in [-0.1, -0.05) is 17.7 Å². The number of aryl methyl sites for hydroxylation is 1. The van der Waals surface area contributed by atoms with Crippen LogP contribution in [0, 0.1) is 6.92 Å². The molecule has 0 saturated carbocycles. The molecule has 0 radical (unpaired) electrons. The number of hydrogen-bond donors (Lipinski definition) is 1. The zero-order valence-electron chi connectivity index (χ0n) is 9.86. The summed E-state index contributed by atoms with van der Waals surface area (Å²) in [7, 11) is 0. The van der Waals surface area contributed by atoms with E-state index in [1.807, 2.05) is 11.8 Å². The first kappa shape index (κ1) is 12.0. The molecule has 0 unspecified atom stereocenters. The standard InChI is InChI=1S/C13H20N2S/c1-11-2-4-13(5-3-11)16-9-8-15-7-6-12(14)10-15/h2-5,12H,6-10,14H2,1H3/t12-/m1/s1. The highest BCUT2D eigenvalue weighted by Gasteiger charge is 2.17. The average Bonchev–Trinajstić information content (AvgIpc) is 2.67. The van der Waals surface area contributed by atoms with Crippen LogP contribution in [0.1, 0.15) is 12.0 Å². The van der Waals surface area contributed by atoms with Gasteiger partial charge in [0.2, 0.25) is 0 Å². The Bertz CT molecular complexity index is 323. The maximum Gasteiger partial charge on any atom is 0.0180 e. The van der Waals surface area contributed by atoms with Crippen LogP contribution in [0.3, 0.4) is 0 Å². The van der Waals surface area contributed by atoms with Gasteiger partial charge in [0.25, 0.3) is 0 Å². The summed E-state index contributed by atoms with van der Waals surface area (Å²) in [6.45, 7) is 5.54. The first-order valence-corrected chi connectivity index (χ1v) is 6.90. The third kappa shape index (κ3) is 3.51. The number of nitrogens with zero attached hydrogens (tertiary/aromatic N) is 1. The molecule has 2 nitrogen and oxygen atoms in total. The molecule has 0 amide bonds. The molecule has 1 aromatic carbocycles. The van der Waals surface area contributed by atoms with E-state index in [4.69, 9.17) is 5.73 Å². The normalized spacial score (nSPS) is 21.5. The molecular weight excluding hydrogens is 216 g/mol. The van der Waals surface area contributed by atoms with Crippen LogP contribution in [0.5, 0.6) is 0 Å². The van der Waals surface area contributed by atoms with Gasteiger partial charge in [0.1, 0.15) is 0 Å². The minimum Gasteiger partial charge on any atom is -0.326 e. The summed E-state index contributed by atoms with van der Waals surface area (Å²) in [5, 5.41) is 0. The van der Waals surface area contributed by atoms with Gasteiger partial charge >= 0.3 is 0 Å². The lowest BCUT2D eigenvalue weighted by molar-refractivity contribution is 0.357. The number of likely N-dealkylation sites (tertiary alicyclic amines) is 1. The smallest absolute Gasteiger partial charge is 0.0180 e. The molecule has 88 valence electrons. The topological polar surface area (TPSA) is 29.3 Å². The lowest BCUT2D eigenvalue weighted by atomic mass is 10.2. The van der Waals surface area contributed by atoms with Crippen LogP contribution in [0.2, 0.25) is 0 Å². The summed E-state index contributed by atoms with van der Waals surface area (Å²) in [6.07, 6.45) is 1.16. The lowest BCUT2D eigenvalue weighted by Crippen LogP contribution is -2.28. The second kappa shape index (κ2) is 5.71. The largest absolute Gasteiger partial charge is 0.326 e. The van der Waals surface area contributed by atoms with E-state index in [9.17, 15) is 0 Å². The predicted molar refractivity (Wildman–Crippen MR) is 70.9 cm³/mol. The van der Waals surface area contributed by atoms with Crippen molar-refractivity contribution >= 4 is 11.8 Å². The van der Waals surface area contributed by atoms with Crippen LogP contribution in [0.25, 0.3) is 0 Å². The first-order valence-electron chi connectivity index (χ1n) is 5.91. The SMILES string of the molecule is Cc1ccc(SCCN2CC[C@@H](N)C2)cc1. The maximum atomic E-state index is 5.88. The summed E-state index contributed by atoms with van der Waals surface area (Å²) in [5.74, 6) is 1.16. The molecule has 0 spiro atoms. The van der Waals surface area contributed by atoms with Crippen molar-refractivity contribution in [1.29, 1.82) is 0 Å². The summed E-state index contributed by atoms with van der Waals surface area (Å²) < 4.78 is 0. The van der Waals surface area contributed by atoms with E-state index < -0.39 is 0 Å². The number of hydrogen-bond acceptors (Lipinski definition) is 3. The first-order chi connectivity index (χ1) is 7.74. The fourth-order valence-corrected chi connectivity index (χ4v) is 2.91. The Morgan fingerprint density at radius 2 is 2.12 bits per heavy atom. The molecule has 2 N–H and O–H groups in total. The average molecular weight is 236 g/mol. The van der Waals surface area contributed by atoms with Gasteiger partial charge < -0.3 is 10.6 Å². The van der Waals surface area contributed by atoms with Crippen molar-refractivity contribution in [3.63, 3.8) is 0 Å². The molecule has 2 rings (SSSR count). The fourth-order valence-electron chi connectivity index (χ4n) is 1.99. The number of thioether (sulfide) groups is 1. The second-order valence-electron chi connectivity index (χ2n) is 4.51. The van der Waals surface area contributed by atoms with Gasteiger partial charge in [-0.3, -0.25) is 0 Å². The highest BCUT2D eigenvalue weighted by atomic mass is 32.2. The van der Waals surface area contributed by atoms with Gasteiger partial charge in [0.05, 0.1) is 0 Å². The van der Waals surface area contributed by atoms with E-state index >= 15 is 0 Å². The Hall–Kier alpha value is -0.510. The molecular formula is C13H20N2S. The third-order valence-corrected chi connectivity index (χ3v) is 4.00. The minimum absolute atomic E-state index is 0.407. The second-order valence-corrected chi connectivity index (χ2v) is 5.68. The van der Waals surface area contributed by atoms with Gasteiger partial charge in [-0.25, -0.2) is 0 Å². The molecule has 1 fully saturated rings. The molecule has 1 aliphatic rings. The number of benzene rings is 1. The van der Waals surface area contributed by atoms with E-state index in [1.54, 1.807) is 0 Å². The Labute approximate surface area is 102 Å². The number of nitrogens with two attached hydrogens (primary N) is 1. The van der Waals surface area contributed by atoms with Gasteiger partial charge in [0.15, 0.2) is 0 Å². The quantitative estimate of drug-likeness (QED) is 0.812. The van der Waals surface area contributed by atoms with Crippen LogP contribution in [0.15, 0.2) is 29.2 Å². The monoisotopic (exact) mass is 236 g/mol. The summed E-state index contributed by atoms with van der Waals surface area (Å²) in [6, 6.07) is 9.16. The molecule has 0 aromatic heterocycles. The summed E-state index contributed by atoms with van der Waals surface area (Å²) in [4.78, 5) is 3.83. The van der Waals surface area contributed by atoms with E-state index in [0.29, 0.717) is 6.04 Å². The van der Waals surface area contributed by atoms with Gasteiger partial charge in [-0.05, 0) is 32.0 Å². The van der Waals surface area contributed by atoms with Crippen LogP contribution >= 0.6 is 11.8 Å². The van der Waals surface area contributed by atoms with E-state index in [0.717, 1.165) is 25.3 Å². The fraction of sp³-hybridized carbons (Fsp3) is 0.538. The van der Waals surface area contributed by atoms with Crippen molar-refractivity contribution in [3.8, 4) is 0 Å². The molecule has 1 aromatic rings. The van der Waals surface area contributed by atoms with E-state index in [-0.39, 0.29) is 0 Å². The van der Waals surface area contributed by atoms with Crippen molar-refractivity contribution in [2.45, 2.75) is 24.3 Å². The van der Waals surface area contributed by atoms with Gasteiger partial charge in [-0.2, -0.15) is 0 Å². The van der Waals surface area contributed by atoms with E-state index in [2.05, 4.69) is 36.1 Å². The van der Waals surface area contributed by atoms with Gasteiger partial charge in [0, 0.05) is 29.8 Å². The number of rotatable bonds is 4. The van der Waals surface area contributed by atoms with Crippen LogP contribution in [-0.2, 0) is 0 Å². The van der Waals surface area contributed by atoms with Crippen molar-refractivity contribution in [3.05, 3.63) is 29.8 Å². The van der Waals surface area contributed by atoms with Crippen molar-refractivity contribution in [2.24, 2.45) is 5.73 Å². The van der Waals surface area contributed by atoms with Crippen molar-refractivity contribution in [1.82, 2.24) is 4.90 Å². The van der Waals surface area contributed by atoms with Crippen LogP contribution in [-0.4, -0.2) is 36.3 Å². The summed E-state index contributed by atoms with van der Waals surface area (Å²) >= 11 is 1.93. The predicted octanol–water partition coefficient (Wildman–Crippen LogP) is 2.12. The lowest BCUT2D eigenvalue weighted by Gasteiger charge is -2.14. The van der Waals surface area contributed by atoms with E-state index in [1.165, 1.54) is 17.0 Å². The molecule has 1 aliphatic heterocycles. The zero-order chi connectivity index (χ0) is 11.4. The highest BCUT2D eigenvalue weighted by molar-refractivity contribution is 7.99. The molecule has 1 atom stereocenters. The Morgan fingerprint density at radius 1 is 1.38 bits per heavy atom. The highest BCUT2D eigenvalue weighted by Crippen LogP contribution is 2.19. The Kier molecular flexibility index (Phi) is 4.27. The van der Waals surface area contributed by atoms with Crippen molar-refractivity contribution in [2.75, 3.05) is 25.4 Å². The maximum absolute atomic E-state index is 5.88. The van der Waals surface area contributed by atoms with Crippen molar-refractivity contribution < 1.29 is 0 Å². The molecule has 0 bridgehead atoms. The van der Waals surface area contributed by atoms with Crippen LogP contribution in [0.4, 0.5) is 0 Å². The molecule has 0 aliphatic carbocycles. The molecule has 16 heavy (non-hydrogen) atoms. The Balaban J connectivity index is 1.70. The Morgan fingerprint density at radius 3 is 2.75 bits per heavy atom. The van der Waals surface area contributed by atoms with Gasteiger partial charge in [-0.15, -0.1) is 11.8 Å².